The molecule has 0 N–H and O–H groups in total. The zero-order valence-corrected chi connectivity index (χ0v) is 16.5. The second-order valence-corrected chi connectivity index (χ2v) is 7.71. The molecule has 28 heavy (non-hydrogen) atoms. The molecular weight excluding hydrogens is 348 g/mol. The minimum absolute atomic E-state index is 0.0446. The highest BCUT2D eigenvalue weighted by Crippen LogP contribution is 2.28. The van der Waals surface area contributed by atoms with E-state index in [0.717, 1.165) is 29.3 Å². The number of benzene rings is 1. The van der Waals surface area contributed by atoms with Gasteiger partial charge in [-0.15, -0.1) is 0 Å². The molecule has 0 saturated heterocycles. The molecule has 0 atom stereocenters. The van der Waals surface area contributed by atoms with Gasteiger partial charge >= 0.3 is 0 Å². The number of carbonyl (C=O) groups excluding carboxylic acids is 1. The number of aryl methyl sites for hydroxylation is 2. The molecule has 0 bridgehead atoms. The number of aromatic nitrogens is 3. The van der Waals surface area contributed by atoms with Gasteiger partial charge in [-0.05, 0) is 56.4 Å². The van der Waals surface area contributed by atoms with E-state index in [-0.39, 0.29) is 5.91 Å². The van der Waals surface area contributed by atoms with Crippen LogP contribution in [0.25, 0.3) is 5.82 Å². The summed E-state index contributed by atoms with van der Waals surface area (Å²) in [6, 6.07) is 15.9. The zero-order valence-electron chi connectivity index (χ0n) is 16.5. The third-order valence-electron chi connectivity index (χ3n) is 5.43. The summed E-state index contributed by atoms with van der Waals surface area (Å²) in [7, 11) is 0. The van der Waals surface area contributed by atoms with Crippen LogP contribution >= 0.6 is 0 Å². The molecule has 2 aromatic heterocycles. The predicted molar refractivity (Wildman–Crippen MR) is 109 cm³/mol. The van der Waals surface area contributed by atoms with E-state index in [0.29, 0.717) is 18.0 Å². The minimum Gasteiger partial charge on any atom is -0.334 e. The first-order valence-corrected chi connectivity index (χ1v) is 9.93. The van der Waals surface area contributed by atoms with Crippen LogP contribution in [0.5, 0.6) is 0 Å². The quantitative estimate of drug-likeness (QED) is 0.645. The second-order valence-electron chi connectivity index (χ2n) is 7.71. The molecule has 0 unspecified atom stereocenters. The maximum atomic E-state index is 13.2. The number of amides is 1. The summed E-state index contributed by atoms with van der Waals surface area (Å²) in [5, 5.41) is 4.46. The van der Waals surface area contributed by atoms with Crippen LogP contribution in [0.1, 0.15) is 46.6 Å². The Kier molecular flexibility index (Phi) is 5.24. The predicted octanol–water partition coefficient (Wildman–Crippen LogP) is 4.33. The summed E-state index contributed by atoms with van der Waals surface area (Å²) >= 11 is 0. The monoisotopic (exact) mass is 374 g/mol. The van der Waals surface area contributed by atoms with Crippen LogP contribution in [-0.4, -0.2) is 32.1 Å². The van der Waals surface area contributed by atoms with Crippen molar-refractivity contribution in [3.05, 3.63) is 77.2 Å². The SMILES string of the molecule is Cc1cc(C)n(-c2ccc(C(=O)N(Cc3ccccc3)CC3CCC3)cn2)n1. The van der Waals surface area contributed by atoms with Crippen LogP contribution in [0, 0.1) is 19.8 Å². The number of pyridine rings is 1. The lowest BCUT2D eigenvalue weighted by atomic mass is 9.85. The Bertz CT molecular complexity index is 942. The van der Waals surface area contributed by atoms with Gasteiger partial charge in [-0.1, -0.05) is 36.8 Å². The lowest BCUT2D eigenvalue weighted by Crippen LogP contribution is -2.37. The standard InChI is InChI=1S/C23H26N4O/c1-17-13-18(2)27(25-17)22-12-11-21(14-24-22)23(28)26(16-20-9-6-10-20)15-19-7-4-3-5-8-19/h3-5,7-8,11-14,20H,6,9-10,15-16H2,1-2H3. The van der Waals surface area contributed by atoms with Gasteiger partial charge in [0.25, 0.3) is 5.91 Å². The van der Waals surface area contributed by atoms with Crippen molar-refractivity contribution in [3.8, 4) is 5.82 Å². The molecular formula is C23H26N4O. The third-order valence-corrected chi connectivity index (χ3v) is 5.43. The summed E-state index contributed by atoms with van der Waals surface area (Å²) < 4.78 is 1.81. The molecule has 3 aromatic rings. The molecule has 144 valence electrons. The minimum atomic E-state index is 0.0446. The lowest BCUT2D eigenvalue weighted by Gasteiger charge is -2.32. The van der Waals surface area contributed by atoms with Gasteiger partial charge in [0, 0.05) is 25.0 Å². The fraction of sp³-hybridized carbons (Fsp3) is 0.348. The van der Waals surface area contributed by atoms with Crippen molar-refractivity contribution < 1.29 is 4.79 Å². The van der Waals surface area contributed by atoms with E-state index in [9.17, 15) is 4.79 Å². The van der Waals surface area contributed by atoms with Crippen molar-refractivity contribution in [2.75, 3.05) is 6.54 Å². The van der Waals surface area contributed by atoms with Crippen molar-refractivity contribution in [1.82, 2.24) is 19.7 Å². The first-order valence-electron chi connectivity index (χ1n) is 9.93. The Morgan fingerprint density at radius 3 is 2.50 bits per heavy atom. The number of rotatable bonds is 6. The van der Waals surface area contributed by atoms with Crippen LogP contribution in [0.15, 0.2) is 54.7 Å². The summed E-state index contributed by atoms with van der Waals surface area (Å²) in [4.78, 5) is 19.7. The summed E-state index contributed by atoms with van der Waals surface area (Å²) in [5.74, 6) is 1.40. The van der Waals surface area contributed by atoms with Crippen molar-refractivity contribution in [2.45, 2.75) is 39.7 Å². The molecule has 0 spiro atoms. The van der Waals surface area contributed by atoms with Crippen molar-refractivity contribution in [2.24, 2.45) is 5.92 Å². The first kappa shape index (κ1) is 18.4. The second kappa shape index (κ2) is 7.97. The molecule has 5 heteroatoms. The fourth-order valence-electron chi connectivity index (χ4n) is 3.69. The zero-order chi connectivity index (χ0) is 19.5. The number of carbonyl (C=O) groups is 1. The summed E-state index contributed by atoms with van der Waals surface area (Å²) in [6.07, 6.45) is 5.38. The average molecular weight is 374 g/mol. The topological polar surface area (TPSA) is 51.0 Å². The Hall–Kier alpha value is -2.95. The molecule has 4 rings (SSSR count). The van der Waals surface area contributed by atoms with Crippen LogP contribution in [0.2, 0.25) is 0 Å². The Labute approximate surface area is 166 Å². The van der Waals surface area contributed by atoms with E-state index in [1.165, 1.54) is 19.3 Å². The van der Waals surface area contributed by atoms with Gasteiger partial charge in [-0.2, -0.15) is 5.10 Å². The Morgan fingerprint density at radius 2 is 1.93 bits per heavy atom. The highest BCUT2D eigenvalue weighted by molar-refractivity contribution is 5.94. The molecule has 1 saturated carbocycles. The van der Waals surface area contributed by atoms with E-state index in [1.807, 2.05) is 55.1 Å². The van der Waals surface area contributed by atoms with Gasteiger partial charge in [0.05, 0.1) is 11.3 Å². The average Bonchev–Trinajstić information content (AvgIpc) is 3.02. The van der Waals surface area contributed by atoms with Gasteiger partial charge in [0.1, 0.15) is 0 Å². The molecule has 1 aliphatic carbocycles. The van der Waals surface area contributed by atoms with E-state index in [1.54, 1.807) is 10.9 Å². The molecule has 5 nitrogen and oxygen atoms in total. The normalized spacial score (nSPS) is 13.9. The highest BCUT2D eigenvalue weighted by atomic mass is 16.2. The molecule has 1 aliphatic rings. The molecule has 1 amide bonds. The van der Waals surface area contributed by atoms with Crippen LogP contribution in [0.4, 0.5) is 0 Å². The van der Waals surface area contributed by atoms with Crippen molar-refractivity contribution in [3.63, 3.8) is 0 Å². The molecule has 1 fully saturated rings. The molecule has 0 aliphatic heterocycles. The Balaban J connectivity index is 1.54. The summed E-state index contributed by atoms with van der Waals surface area (Å²) in [6.45, 7) is 5.41. The van der Waals surface area contributed by atoms with Crippen LogP contribution < -0.4 is 0 Å². The number of hydrogen-bond donors (Lipinski definition) is 0. The highest BCUT2D eigenvalue weighted by Gasteiger charge is 2.25. The van der Waals surface area contributed by atoms with E-state index >= 15 is 0 Å². The first-order chi connectivity index (χ1) is 13.6. The third kappa shape index (κ3) is 3.98. The largest absolute Gasteiger partial charge is 0.334 e. The van der Waals surface area contributed by atoms with Crippen molar-refractivity contribution >= 4 is 5.91 Å². The van der Waals surface area contributed by atoms with Gasteiger partial charge in [0.2, 0.25) is 0 Å². The maximum Gasteiger partial charge on any atom is 0.255 e. The fourth-order valence-corrected chi connectivity index (χ4v) is 3.69. The van der Waals surface area contributed by atoms with Crippen LogP contribution in [0.3, 0.4) is 0 Å². The van der Waals surface area contributed by atoms with Crippen molar-refractivity contribution in [1.29, 1.82) is 0 Å². The van der Waals surface area contributed by atoms with E-state index in [2.05, 4.69) is 22.2 Å². The van der Waals surface area contributed by atoms with Gasteiger partial charge in [-0.3, -0.25) is 4.79 Å². The van der Waals surface area contributed by atoms with Gasteiger partial charge < -0.3 is 4.90 Å². The smallest absolute Gasteiger partial charge is 0.255 e. The van der Waals surface area contributed by atoms with Crippen LogP contribution in [-0.2, 0) is 6.54 Å². The molecule has 2 heterocycles. The maximum absolute atomic E-state index is 13.2. The van der Waals surface area contributed by atoms with E-state index < -0.39 is 0 Å². The Morgan fingerprint density at radius 1 is 1.14 bits per heavy atom. The number of nitrogens with zero attached hydrogens (tertiary/aromatic N) is 4. The molecule has 0 radical (unpaired) electrons. The van der Waals surface area contributed by atoms with E-state index in [4.69, 9.17) is 0 Å². The molecule has 1 aromatic carbocycles. The number of hydrogen-bond acceptors (Lipinski definition) is 3. The summed E-state index contributed by atoms with van der Waals surface area (Å²) in [5.41, 5.74) is 3.76. The lowest BCUT2D eigenvalue weighted by molar-refractivity contribution is 0.0679. The van der Waals surface area contributed by atoms with Gasteiger partial charge in [-0.25, -0.2) is 9.67 Å². The van der Waals surface area contributed by atoms with Gasteiger partial charge in [0.15, 0.2) is 5.82 Å².